The average molecular weight is 191 g/mol. The highest BCUT2D eigenvalue weighted by atomic mass is 16.2. The summed E-state index contributed by atoms with van der Waals surface area (Å²) >= 11 is 0. The van der Waals surface area contributed by atoms with Crippen LogP contribution in [-0.2, 0) is 12.8 Å². The summed E-state index contributed by atoms with van der Waals surface area (Å²) in [7, 11) is 0. The second-order valence-electron chi connectivity index (χ2n) is 3.17. The lowest BCUT2D eigenvalue weighted by molar-refractivity contribution is 0.299. The first kappa shape index (κ1) is 9.02. The van der Waals surface area contributed by atoms with E-state index in [1.54, 1.807) is 6.20 Å². The molecule has 0 atom stereocenters. The molecule has 4 heteroatoms. The summed E-state index contributed by atoms with van der Waals surface area (Å²) < 4.78 is 0. The lowest BCUT2D eigenvalue weighted by Gasteiger charge is -2.00. The Morgan fingerprint density at radius 2 is 2.21 bits per heavy atom. The van der Waals surface area contributed by atoms with Crippen molar-refractivity contribution in [2.24, 2.45) is 0 Å². The maximum atomic E-state index is 8.85. The number of nitrogens with zero attached hydrogens (tertiary/aromatic N) is 1. The van der Waals surface area contributed by atoms with Crippen molar-refractivity contribution in [3.8, 4) is 0 Å². The second kappa shape index (κ2) is 4.11. The van der Waals surface area contributed by atoms with Crippen LogP contribution in [0.1, 0.15) is 17.1 Å². The third-order valence-corrected chi connectivity index (χ3v) is 2.21. The number of aromatic nitrogens is 3. The van der Waals surface area contributed by atoms with Gasteiger partial charge in [-0.05, 0) is 18.1 Å². The number of hydrogen-bond acceptors (Lipinski definition) is 2. The smallest absolute Gasteiger partial charge is 0.111 e. The molecule has 0 amide bonds. The van der Waals surface area contributed by atoms with E-state index in [1.807, 2.05) is 18.5 Å². The van der Waals surface area contributed by atoms with Crippen molar-refractivity contribution >= 4 is 0 Å². The average Bonchev–Trinajstić information content (AvgIpc) is 2.80. The number of H-pyrrole nitrogens is 2. The molecule has 0 aliphatic heterocycles. The molecule has 0 spiro atoms. The van der Waals surface area contributed by atoms with Gasteiger partial charge in [-0.15, -0.1) is 0 Å². The van der Waals surface area contributed by atoms with Crippen molar-refractivity contribution in [3.05, 3.63) is 41.7 Å². The number of imidazole rings is 1. The number of nitrogens with one attached hydrogen (secondary N) is 2. The summed E-state index contributed by atoms with van der Waals surface area (Å²) in [5.41, 5.74) is 2.28. The van der Waals surface area contributed by atoms with E-state index in [4.69, 9.17) is 5.11 Å². The summed E-state index contributed by atoms with van der Waals surface area (Å²) in [6.45, 7) is 0.184. The molecule has 0 bridgehead atoms. The zero-order valence-corrected chi connectivity index (χ0v) is 7.83. The molecule has 0 aromatic carbocycles. The SMILES string of the molecule is OCCc1cc[nH]c1Cc1ncc[nH]1. The van der Waals surface area contributed by atoms with Gasteiger partial charge in [0.05, 0.1) is 0 Å². The number of aromatic amines is 2. The van der Waals surface area contributed by atoms with Crippen LogP contribution in [0.2, 0.25) is 0 Å². The van der Waals surface area contributed by atoms with E-state index >= 15 is 0 Å². The molecule has 2 rings (SSSR count). The van der Waals surface area contributed by atoms with E-state index in [1.165, 1.54) is 0 Å². The Kier molecular flexibility index (Phi) is 2.65. The third kappa shape index (κ3) is 1.85. The quantitative estimate of drug-likeness (QED) is 0.671. The molecule has 0 radical (unpaired) electrons. The van der Waals surface area contributed by atoms with Gasteiger partial charge < -0.3 is 15.1 Å². The third-order valence-electron chi connectivity index (χ3n) is 2.21. The molecule has 2 heterocycles. The summed E-state index contributed by atoms with van der Waals surface area (Å²) in [4.78, 5) is 10.4. The fourth-order valence-electron chi connectivity index (χ4n) is 1.52. The van der Waals surface area contributed by atoms with Crippen LogP contribution in [0.5, 0.6) is 0 Å². The van der Waals surface area contributed by atoms with Crippen LogP contribution in [0.15, 0.2) is 24.7 Å². The lowest BCUT2D eigenvalue weighted by Crippen LogP contribution is -1.97. The first-order valence-electron chi connectivity index (χ1n) is 4.64. The van der Waals surface area contributed by atoms with Gasteiger partial charge >= 0.3 is 0 Å². The van der Waals surface area contributed by atoms with E-state index in [-0.39, 0.29) is 6.61 Å². The van der Waals surface area contributed by atoms with Gasteiger partial charge in [-0.3, -0.25) is 0 Å². The van der Waals surface area contributed by atoms with Gasteiger partial charge in [0.15, 0.2) is 0 Å². The topological polar surface area (TPSA) is 64.7 Å². The van der Waals surface area contributed by atoms with E-state index < -0.39 is 0 Å². The molecule has 14 heavy (non-hydrogen) atoms. The number of rotatable bonds is 4. The normalized spacial score (nSPS) is 10.6. The molecule has 0 unspecified atom stereocenters. The van der Waals surface area contributed by atoms with E-state index in [9.17, 15) is 0 Å². The van der Waals surface area contributed by atoms with E-state index in [0.29, 0.717) is 6.42 Å². The Bertz CT molecular complexity index is 378. The summed E-state index contributed by atoms with van der Waals surface area (Å²) in [6.07, 6.45) is 6.89. The minimum absolute atomic E-state index is 0.184. The summed E-state index contributed by atoms with van der Waals surface area (Å²) in [5, 5.41) is 8.85. The zero-order chi connectivity index (χ0) is 9.80. The molecule has 0 fully saturated rings. The highest BCUT2D eigenvalue weighted by Crippen LogP contribution is 2.10. The van der Waals surface area contributed by atoms with Crippen LogP contribution in [0.25, 0.3) is 0 Å². The van der Waals surface area contributed by atoms with Gasteiger partial charge in [-0.1, -0.05) is 0 Å². The Hall–Kier alpha value is -1.55. The molecule has 74 valence electrons. The van der Waals surface area contributed by atoms with Crippen LogP contribution in [0.3, 0.4) is 0 Å². The molecule has 0 aliphatic rings. The second-order valence-corrected chi connectivity index (χ2v) is 3.17. The Labute approximate surface area is 82.0 Å². The highest BCUT2D eigenvalue weighted by Gasteiger charge is 2.05. The van der Waals surface area contributed by atoms with Crippen LogP contribution < -0.4 is 0 Å². The first-order chi connectivity index (χ1) is 6.90. The van der Waals surface area contributed by atoms with Crippen molar-refractivity contribution in [2.75, 3.05) is 6.61 Å². The molecule has 2 aromatic rings. The summed E-state index contributed by atoms with van der Waals surface area (Å²) in [6, 6.07) is 1.99. The van der Waals surface area contributed by atoms with Crippen molar-refractivity contribution in [2.45, 2.75) is 12.8 Å². The van der Waals surface area contributed by atoms with E-state index in [2.05, 4.69) is 15.0 Å². The standard InChI is InChI=1S/C10H13N3O/c14-6-2-8-1-3-11-9(8)7-10-12-4-5-13-10/h1,3-5,11,14H,2,6-7H2,(H,12,13). The van der Waals surface area contributed by atoms with Crippen LogP contribution in [-0.4, -0.2) is 26.7 Å². The van der Waals surface area contributed by atoms with Gasteiger partial charge in [0.25, 0.3) is 0 Å². The van der Waals surface area contributed by atoms with Gasteiger partial charge in [-0.25, -0.2) is 4.98 Å². The minimum atomic E-state index is 0.184. The van der Waals surface area contributed by atoms with Crippen molar-refractivity contribution in [1.82, 2.24) is 15.0 Å². The van der Waals surface area contributed by atoms with Crippen LogP contribution in [0, 0.1) is 0 Å². The van der Waals surface area contributed by atoms with Gasteiger partial charge in [0.2, 0.25) is 0 Å². The predicted octanol–water partition coefficient (Wildman–Crippen LogP) is 0.863. The van der Waals surface area contributed by atoms with Crippen molar-refractivity contribution in [3.63, 3.8) is 0 Å². The van der Waals surface area contributed by atoms with E-state index in [0.717, 1.165) is 23.5 Å². The molecule has 0 aliphatic carbocycles. The van der Waals surface area contributed by atoms with Gasteiger partial charge in [-0.2, -0.15) is 0 Å². The lowest BCUT2D eigenvalue weighted by atomic mass is 10.1. The number of aliphatic hydroxyl groups is 1. The highest BCUT2D eigenvalue weighted by molar-refractivity contribution is 5.23. The maximum absolute atomic E-state index is 8.85. The maximum Gasteiger partial charge on any atom is 0.111 e. The molecule has 2 aromatic heterocycles. The predicted molar refractivity (Wildman–Crippen MR) is 53.0 cm³/mol. The number of aliphatic hydroxyl groups excluding tert-OH is 1. The fraction of sp³-hybridized carbons (Fsp3) is 0.300. The minimum Gasteiger partial charge on any atom is -0.396 e. The molecule has 4 nitrogen and oxygen atoms in total. The monoisotopic (exact) mass is 191 g/mol. The van der Waals surface area contributed by atoms with Crippen molar-refractivity contribution < 1.29 is 5.11 Å². The Morgan fingerprint density at radius 1 is 1.29 bits per heavy atom. The molecular weight excluding hydrogens is 178 g/mol. The van der Waals surface area contributed by atoms with Gasteiger partial charge in [0.1, 0.15) is 5.82 Å². The zero-order valence-electron chi connectivity index (χ0n) is 7.83. The van der Waals surface area contributed by atoms with Crippen molar-refractivity contribution in [1.29, 1.82) is 0 Å². The first-order valence-corrected chi connectivity index (χ1v) is 4.64. The Balaban J connectivity index is 2.12. The molecule has 0 saturated heterocycles. The summed E-state index contributed by atoms with van der Waals surface area (Å²) in [5.74, 6) is 0.937. The largest absolute Gasteiger partial charge is 0.396 e. The van der Waals surface area contributed by atoms with Crippen LogP contribution >= 0.6 is 0 Å². The fourth-order valence-corrected chi connectivity index (χ4v) is 1.52. The van der Waals surface area contributed by atoms with Crippen LogP contribution in [0.4, 0.5) is 0 Å². The number of hydrogen-bond donors (Lipinski definition) is 3. The molecular formula is C10H13N3O. The molecule has 3 N–H and O–H groups in total. The van der Waals surface area contributed by atoms with Gasteiger partial charge in [0, 0.05) is 37.3 Å². The molecule has 0 saturated carbocycles. The Morgan fingerprint density at radius 3 is 2.93 bits per heavy atom.